The second-order valence-corrected chi connectivity index (χ2v) is 9.05. The molecular weight excluding hydrogens is 415 g/mol. The summed E-state index contributed by atoms with van der Waals surface area (Å²) >= 11 is 0. The summed E-state index contributed by atoms with van der Waals surface area (Å²) in [5.41, 5.74) is 3.35. The van der Waals surface area contributed by atoms with Crippen LogP contribution in [0.1, 0.15) is 36.1 Å². The van der Waals surface area contributed by atoms with Crippen LogP contribution >= 0.6 is 0 Å². The molecule has 162 valence electrons. The molecule has 0 aliphatic heterocycles. The third kappa shape index (κ3) is 6.15. The molecule has 3 rings (SSSR count). The van der Waals surface area contributed by atoms with Gasteiger partial charge in [-0.15, -0.1) is 0 Å². The molecule has 5 nitrogen and oxygen atoms in total. The predicted molar refractivity (Wildman–Crippen MR) is 120 cm³/mol. The van der Waals surface area contributed by atoms with Gasteiger partial charge in [0.2, 0.25) is 5.91 Å². The van der Waals surface area contributed by atoms with Gasteiger partial charge in [-0.25, -0.2) is 12.8 Å². The highest BCUT2D eigenvalue weighted by Gasteiger charge is 2.15. The quantitative estimate of drug-likeness (QED) is 0.531. The second-order valence-electron chi connectivity index (χ2n) is 7.37. The number of sulfonamides is 1. The summed E-state index contributed by atoms with van der Waals surface area (Å²) in [5, 5.41) is 3.05. The summed E-state index contributed by atoms with van der Waals surface area (Å²) in [5.74, 6) is -0.610. The van der Waals surface area contributed by atoms with Gasteiger partial charge in [0.05, 0.1) is 17.4 Å². The van der Waals surface area contributed by atoms with Crippen LogP contribution in [0.4, 0.5) is 10.1 Å². The van der Waals surface area contributed by atoms with Crippen LogP contribution < -0.4 is 10.0 Å². The summed E-state index contributed by atoms with van der Waals surface area (Å²) in [4.78, 5) is 12.5. The van der Waals surface area contributed by atoms with Crippen LogP contribution in [0.3, 0.4) is 0 Å². The predicted octanol–water partition coefficient (Wildman–Crippen LogP) is 4.74. The van der Waals surface area contributed by atoms with Gasteiger partial charge in [-0.1, -0.05) is 48.9 Å². The lowest BCUT2D eigenvalue weighted by atomic mass is 10.0. The Hall–Kier alpha value is -3.19. The van der Waals surface area contributed by atoms with Crippen molar-refractivity contribution < 1.29 is 17.6 Å². The Bertz CT molecular complexity index is 1130. The Morgan fingerprint density at radius 3 is 2.13 bits per heavy atom. The first-order valence-corrected chi connectivity index (χ1v) is 11.5. The van der Waals surface area contributed by atoms with E-state index in [1.165, 1.54) is 17.7 Å². The number of aryl methyl sites for hydroxylation is 1. The van der Waals surface area contributed by atoms with E-state index in [2.05, 4.69) is 10.0 Å². The molecule has 0 aromatic heterocycles. The SMILES string of the molecule is CCC(NC(=O)Cc1ccc(NS(=O)(=O)c2ccc(F)cc2)cc1)c1ccc(C)cc1. The normalized spacial score (nSPS) is 12.2. The highest BCUT2D eigenvalue weighted by Crippen LogP contribution is 2.19. The average molecular weight is 441 g/mol. The lowest BCUT2D eigenvalue weighted by molar-refractivity contribution is -0.121. The highest BCUT2D eigenvalue weighted by atomic mass is 32.2. The molecule has 31 heavy (non-hydrogen) atoms. The molecule has 0 radical (unpaired) electrons. The number of halogens is 1. The van der Waals surface area contributed by atoms with Crippen LogP contribution in [-0.4, -0.2) is 14.3 Å². The molecule has 3 aromatic carbocycles. The number of hydrogen-bond acceptors (Lipinski definition) is 3. The van der Waals surface area contributed by atoms with Crippen LogP contribution in [0.25, 0.3) is 0 Å². The van der Waals surface area contributed by atoms with Crippen molar-refractivity contribution >= 4 is 21.6 Å². The molecule has 3 aromatic rings. The topological polar surface area (TPSA) is 75.3 Å². The van der Waals surface area contributed by atoms with Gasteiger partial charge in [-0.05, 0) is 60.9 Å². The third-order valence-corrected chi connectivity index (χ3v) is 6.32. The van der Waals surface area contributed by atoms with Crippen molar-refractivity contribution in [2.45, 2.75) is 37.6 Å². The molecule has 0 fully saturated rings. The molecule has 2 N–H and O–H groups in total. The molecule has 0 spiro atoms. The molecule has 1 amide bonds. The summed E-state index contributed by atoms with van der Waals surface area (Å²) in [6, 6.07) is 19.2. The monoisotopic (exact) mass is 440 g/mol. The maximum absolute atomic E-state index is 13.0. The maximum Gasteiger partial charge on any atom is 0.261 e. The summed E-state index contributed by atoms with van der Waals surface area (Å²) in [6.07, 6.45) is 0.965. The van der Waals surface area contributed by atoms with Crippen molar-refractivity contribution in [2.75, 3.05) is 4.72 Å². The zero-order chi connectivity index (χ0) is 22.4. The van der Waals surface area contributed by atoms with E-state index in [0.29, 0.717) is 5.69 Å². The molecule has 0 aliphatic rings. The van der Waals surface area contributed by atoms with E-state index in [4.69, 9.17) is 0 Å². The van der Waals surface area contributed by atoms with Gasteiger partial charge in [-0.2, -0.15) is 0 Å². The van der Waals surface area contributed by atoms with E-state index in [1.54, 1.807) is 24.3 Å². The number of rotatable bonds is 8. The molecule has 7 heteroatoms. The zero-order valence-electron chi connectivity index (χ0n) is 17.4. The number of carbonyl (C=O) groups is 1. The highest BCUT2D eigenvalue weighted by molar-refractivity contribution is 7.92. The summed E-state index contributed by atoms with van der Waals surface area (Å²) in [6.45, 7) is 4.04. The minimum atomic E-state index is -3.81. The van der Waals surface area contributed by atoms with Crippen molar-refractivity contribution in [3.8, 4) is 0 Å². The average Bonchev–Trinajstić information content (AvgIpc) is 2.74. The number of carbonyl (C=O) groups excluding carboxylic acids is 1. The first-order chi connectivity index (χ1) is 14.8. The first-order valence-electron chi connectivity index (χ1n) is 10.00. The van der Waals surface area contributed by atoms with Crippen LogP contribution in [0, 0.1) is 12.7 Å². The van der Waals surface area contributed by atoms with Crippen molar-refractivity contribution in [3.63, 3.8) is 0 Å². The van der Waals surface area contributed by atoms with E-state index >= 15 is 0 Å². The molecule has 1 unspecified atom stereocenters. The second kappa shape index (κ2) is 9.75. The Balaban J connectivity index is 1.61. The lowest BCUT2D eigenvalue weighted by Gasteiger charge is -2.18. The van der Waals surface area contributed by atoms with Gasteiger partial charge in [0.25, 0.3) is 10.0 Å². The van der Waals surface area contributed by atoms with Crippen LogP contribution in [0.5, 0.6) is 0 Å². The van der Waals surface area contributed by atoms with Crippen molar-refractivity contribution in [1.82, 2.24) is 5.32 Å². The Labute approximate surface area is 182 Å². The van der Waals surface area contributed by atoms with Crippen molar-refractivity contribution in [3.05, 3.63) is 95.3 Å². The Kier molecular flexibility index (Phi) is 7.07. The summed E-state index contributed by atoms with van der Waals surface area (Å²) in [7, 11) is -3.81. The fraction of sp³-hybridized carbons (Fsp3) is 0.208. The van der Waals surface area contributed by atoms with Gasteiger partial charge >= 0.3 is 0 Å². The van der Waals surface area contributed by atoms with Gasteiger partial charge in [-0.3, -0.25) is 9.52 Å². The minimum absolute atomic E-state index is 0.0286. The summed E-state index contributed by atoms with van der Waals surface area (Å²) < 4.78 is 40.2. The lowest BCUT2D eigenvalue weighted by Crippen LogP contribution is -2.29. The van der Waals surface area contributed by atoms with E-state index < -0.39 is 15.8 Å². The fourth-order valence-electron chi connectivity index (χ4n) is 3.17. The van der Waals surface area contributed by atoms with E-state index in [9.17, 15) is 17.6 Å². The molecule has 0 heterocycles. The minimum Gasteiger partial charge on any atom is -0.349 e. The van der Waals surface area contributed by atoms with Gasteiger partial charge in [0, 0.05) is 5.69 Å². The molecule has 0 aliphatic carbocycles. The van der Waals surface area contributed by atoms with Crippen LogP contribution in [0.2, 0.25) is 0 Å². The molecule has 0 saturated carbocycles. The first kappa shape index (κ1) is 22.5. The Morgan fingerprint density at radius 2 is 1.55 bits per heavy atom. The maximum atomic E-state index is 13.0. The largest absolute Gasteiger partial charge is 0.349 e. The zero-order valence-corrected chi connectivity index (χ0v) is 18.2. The van der Waals surface area contributed by atoms with Crippen molar-refractivity contribution in [1.29, 1.82) is 0 Å². The number of benzene rings is 3. The van der Waals surface area contributed by atoms with Gasteiger partial charge in [0.1, 0.15) is 5.82 Å². The Morgan fingerprint density at radius 1 is 0.935 bits per heavy atom. The molecular formula is C24H25FN2O3S. The van der Waals surface area contributed by atoms with Crippen molar-refractivity contribution in [2.24, 2.45) is 0 Å². The van der Waals surface area contributed by atoms with E-state index in [1.807, 2.05) is 38.1 Å². The fourth-order valence-corrected chi connectivity index (χ4v) is 4.23. The van der Waals surface area contributed by atoms with Crippen LogP contribution in [-0.2, 0) is 21.2 Å². The third-order valence-electron chi connectivity index (χ3n) is 4.92. The standard InChI is InChI=1S/C24H25FN2O3S/c1-3-23(19-8-4-17(2)5-9-19)26-24(28)16-18-6-12-21(13-7-18)27-31(29,30)22-14-10-20(25)11-15-22/h4-15,23,27H,3,16H2,1-2H3,(H,26,28). The van der Waals surface area contributed by atoms with Gasteiger partial charge < -0.3 is 5.32 Å². The number of amides is 1. The number of nitrogens with one attached hydrogen (secondary N) is 2. The van der Waals surface area contributed by atoms with Crippen LogP contribution in [0.15, 0.2) is 77.7 Å². The smallest absolute Gasteiger partial charge is 0.261 e. The molecule has 0 saturated heterocycles. The molecule has 1 atom stereocenters. The van der Waals surface area contributed by atoms with Gasteiger partial charge in [0.15, 0.2) is 0 Å². The number of hydrogen-bond donors (Lipinski definition) is 2. The van der Waals surface area contributed by atoms with E-state index in [0.717, 1.165) is 29.7 Å². The number of anilines is 1. The van der Waals surface area contributed by atoms with E-state index in [-0.39, 0.29) is 23.3 Å². The molecule has 0 bridgehead atoms.